The van der Waals surface area contributed by atoms with Gasteiger partial charge in [-0.2, -0.15) is 0 Å². The normalized spacial score (nSPS) is 21.4. The van der Waals surface area contributed by atoms with E-state index in [0.29, 0.717) is 5.16 Å². The van der Waals surface area contributed by atoms with Crippen molar-refractivity contribution in [2.24, 2.45) is 5.92 Å². The summed E-state index contributed by atoms with van der Waals surface area (Å²) in [5.74, 6) is 0.212. The highest BCUT2D eigenvalue weighted by Gasteiger charge is 2.39. The molecule has 0 unspecified atom stereocenters. The molecule has 0 spiro atoms. The van der Waals surface area contributed by atoms with Crippen LogP contribution in [-0.4, -0.2) is 58.0 Å². The fraction of sp³-hybridized carbons (Fsp3) is 0.522. The fourth-order valence-electron chi connectivity index (χ4n) is 4.10. The first-order valence-corrected chi connectivity index (χ1v) is 12.8. The van der Waals surface area contributed by atoms with Crippen molar-refractivity contribution in [3.8, 4) is 10.6 Å². The summed E-state index contributed by atoms with van der Waals surface area (Å²) in [7, 11) is 1.64. The highest BCUT2D eigenvalue weighted by molar-refractivity contribution is 7.98. The van der Waals surface area contributed by atoms with Crippen LogP contribution >= 0.6 is 23.1 Å². The minimum absolute atomic E-state index is 0.0151. The van der Waals surface area contributed by atoms with Crippen LogP contribution < -0.4 is 5.32 Å². The summed E-state index contributed by atoms with van der Waals surface area (Å²) >= 11 is 3.15. The van der Waals surface area contributed by atoms with Gasteiger partial charge in [-0.3, -0.25) is 0 Å². The van der Waals surface area contributed by atoms with Crippen molar-refractivity contribution in [3.05, 3.63) is 30.0 Å². The second-order valence-corrected chi connectivity index (χ2v) is 10.3. The number of nitrogens with zero attached hydrogens (tertiary/aromatic N) is 3. The summed E-state index contributed by atoms with van der Waals surface area (Å²) < 4.78 is 12.9. The van der Waals surface area contributed by atoms with E-state index in [0.717, 1.165) is 45.1 Å². The topological polar surface area (TPSA) is 89.4 Å². The van der Waals surface area contributed by atoms with E-state index in [-0.39, 0.29) is 24.7 Å². The Morgan fingerprint density at radius 3 is 2.69 bits per heavy atom. The number of anilines is 1. The minimum atomic E-state index is -0.711. The van der Waals surface area contributed by atoms with E-state index in [9.17, 15) is 5.11 Å². The number of aryl methyl sites for hydroxylation is 1. The van der Waals surface area contributed by atoms with Crippen molar-refractivity contribution in [2.75, 3.05) is 25.3 Å². The Balaban J connectivity index is 1.72. The van der Waals surface area contributed by atoms with Crippen molar-refractivity contribution in [3.63, 3.8) is 0 Å². The van der Waals surface area contributed by atoms with E-state index in [1.54, 1.807) is 18.4 Å². The number of fused-ring (bicyclic) bond motifs is 1. The molecule has 0 bridgehead atoms. The molecule has 1 fully saturated rings. The number of hydrogen-bond acceptors (Lipinski definition) is 9. The number of aliphatic hydroxyl groups excluding tert-OH is 1. The molecule has 1 aliphatic carbocycles. The smallest absolute Gasteiger partial charge is 0.189 e. The van der Waals surface area contributed by atoms with E-state index in [4.69, 9.17) is 19.4 Å². The molecule has 2 heterocycles. The molecule has 3 aromatic rings. The molecule has 7 nitrogen and oxygen atoms in total. The Labute approximate surface area is 197 Å². The zero-order valence-corrected chi connectivity index (χ0v) is 20.7. The largest absolute Gasteiger partial charge is 0.396 e. The minimum Gasteiger partial charge on any atom is -0.396 e. The van der Waals surface area contributed by atoms with Gasteiger partial charge in [-0.25, -0.2) is 15.0 Å². The average Bonchev–Trinajstić information content (AvgIpc) is 3.36. The number of thiazole rings is 1. The SMILES string of the molecule is COC(C)(C)O[C@@H]1C[C@@H](CO)C[C@H]1Nc1nc(SC)nc(C)c1-c1nc2ccccc2s1. The molecular formula is C23H30N4O3S2. The predicted molar refractivity (Wildman–Crippen MR) is 130 cm³/mol. The van der Waals surface area contributed by atoms with E-state index in [2.05, 4.69) is 16.4 Å². The van der Waals surface area contributed by atoms with Crippen molar-refractivity contribution < 1.29 is 14.6 Å². The number of aromatic nitrogens is 3. The van der Waals surface area contributed by atoms with E-state index in [1.807, 2.05) is 45.2 Å². The third-order valence-corrected chi connectivity index (χ3v) is 7.47. The molecule has 0 aliphatic heterocycles. The van der Waals surface area contributed by atoms with Gasteiger partial charge in [0.25, 0.3) is 0 Å². The first kappa shape index (κ1) is 23.4. The van der Waals surface area contributed by atoms with Crippen LogP contribution in [0.1, 0.15) is 32.4 Å². The van der Waals surface area contributed by atoms with Gasteiger partial charge in [0.2, 0.25) is 0 Å². The fourth-order valence-corrected chi connectivity index (χ4v) is 5.57. The number of ether oxygens (including phenoxy) is 2. The van der Waals surface area contributed by atoms with Crippen molar-refractivity contribution in [1.82, 2.24) is 15.0 Å². The lowest BCUT2D eigenvalue weighted by molar-refractivity contribution is -0.223. The molecule has 2 N–H and O–H groups in total. The Hall–Kier alpha value is -1.78. The van der Waals surface area contributed by atoms with Crippen LogP contribution in [0.2, 0.25) is 0 Å². The molecule has 1 saturated carbocycles. The average molecular weight is 475 g/mol. The summed E-state index contributed by atoms with van der Waals surface area (Å²) in [6, 6.07) is 8.11. The summed E-state index contributed by atoms with van der Waals surface area (Å²) in [5.41, 5.74) is 2.77. The Kier molecular flexibility index (Phi) is 7.02. The zero-order chi connectivity index (χ0) is 22.9. The number of rotatable bonds is 8. The van der Waals surface area contributed by atoms with Crippen LogP contribution in [0.15, 0.2) is 29.4 Å². The lowest BCUT2D eigenvalue weighted by atomic mass is 10.1. The third kappa shape index (κ3) is 4.92. The summed E-state index contributed by atoms with van der Waals surface area (Å²) in [6.45, 7) is 5.95. The second kappa shape index (κ2) is 9.61. The second-order valence-electron chi connectivity index (χ2n) is 8.54. The van der Waals surface area contributed by atoms with E-state index in [1.165, 1.54) is 11.8 Å². The summed E-state index contributed by atoms with van der Waals surface area (Å²) in [4.78, 5) is 14.4. The predicted octanol–water partition coefficient (Wildman–Crippen LogP) is 4.73. The lowest BCUT2D eigenvalue weighted by Crippen LogP contribution is -2.39. The van der Waals surface area contributed by atoms with Gasteiger partial charge < -0.3 is 19.9 Å². The van der Waals surface area contributed by atoms with Crippen LogP contribution in [0, 0.1) is 12.8 Å². The third-order valence-electron chi connectivity index (χ3n) is 5.87. The van der Waals surface area contributed by atoms with Gasteiger partial charge >= 0.3 is 0 Å². The van der Waals surface area contributed by atoms with Gasteiger partial charge in [0.15, 0.2) is 10.9 Å². The molecule has 172 valence electrons. The molecule has 2 aromatic heterocycles. The molecule has 0 saturated heterocycles. The number of benzene rings is 1. The quantitative estimate of drug-likeness (QED) is 0.275. The number of nitrogens with one attached hydrogen (secondary N) is 1. The number of aliphatic hydroxyl groups is 1. The molecule has 32 heavy (non-hydrogen) atoms. The molecule has 1 aliphatic rings. The summed E-state index contributed by atoms with van der Waals surface area (Å²) in [5, 5.41) is 15.1. The van der Waals surface area contributed by atoms with Crippen LogP contribution in [0.5, 0.6) is 0 Å². The van der Waals surface area contributed by atoms with Crippen LogP contribution in [0.4, 0.5) is 5.82 Å². The number of methoxy groups -OCH3 is 1. The van der Waals surface area contributed by atoms with Gasteiger partial charge in [-0.1, -0.05) is 23.9 Å². The molecule has 0 amide bonds. The molecule has 1 aromatic carbocycles. The number of hydrogen-bond donors (Lipinski definition) is 2. The maximum Gasteiger partial charge on any atom is 0.189 e. The van der Waals surface area contributed by atoms with Gasteiger partial charge in [0.1, 0.15) is 10.8 Å². The first-order valence-electron chi connectivity index (χ1n) is 10.7. The van der Waals surface area contributed by atoms with E-state index < -0.39 is 5.79 Å². The van der Waals surface area contributed by atoms with Gasteiger partial charge in [-0.15, -0.1) is 11.3 Å². The Bertz CT molecular complexity index is 1060. The Morgan fingerprint density at radius 1 is 1.22 bits per heavy atom. The monoisotopic (exact) mass is 474 g/mol. The van der Waals surface area contributed by atoms with Crippen molar-refractivity contribution >= 4 is 39.1 Å². The van der Waals surface area contributed by atoms with Gasteiger partial charge in [0.05, 0.1) is 33.6 Å². The summed E-state index contributed by atoms with van der Waals surface area (Å²) in [6.07, 6.45) is 3.41. The molecular weight excluding hydrogens is 444 g/mol. The highest BCUT2D eigenvalue weighted by Crippen LogP contribution is 2.39. The van der Waals surface area contributed by atoms with Gasteiger partial charge in [0, 0.05) is 13.7 Å². The number of thioether (sulfide) groups is 1. The van der Waals surface area contributed by atoms with Crippen LogP contribution in [0.25, 0.3) is 20.8 Å². The standard InChI is InChI=1S/C23H30N4O3S2/c1-13-19(21-26-15-8-6-7-9-18(15)32-21)20(27-22(24-13)31-5)25-16-10-14(12-28)11-17(16)30-23(2,3)29-4/h6-9,14,16-17,28H,10-12H2,1-5H3,(H,24,25,27)/t14-,16+,17+/m0/s1. The lowest BCUT2D eigenvalue weighted by Gasteiger charge is -2.31. The Morgan fingerprint density at radius 2 is 2.00 bits per heavy atom. The van der Waals surface area contributed by atoms with Crippen molar-refractivity contribution in [1.29, 1.82) is 0 Å². The molecule has 4 rings (SSSR count). The molecule has 9 heteroatoms. The van der Waals surface area contributed by atoms with Crippen LogP contribution in [-0.2, 0) is 9.47 Å². The van der Waals surface area contributed by atoms with Crippen LogP contribution in [0.3, 0.4) is 0 Å². The maximum absolute atomic E-state index is 9.81. The first-order chi connectivity index (χ1) is 15.3. The molecule has 0 radical (unpaired) electrons. The molecule has 3 atom stereocenters. The van der Waals surface area contributed by atoms with Gasteiger partial charge in [-0.05, 0) is 57.9 Å². The highest BCUT2D eigenvalue weighted by atomic mass is 32.2. The maximum atomic E-state index is 9.81. The zero-order valence-electron chi connectivity index (χ0n) is 19.1. The number of para-hydroxylation sites is 1. The van der Waals surface area contributed by atoms with Crippen molar-refractivity contribution in [2.45, 2.75) is 56.7 Å². The van der Waals surface area contributed by atoms with E-state index >= 15 is 0 Å².